The number of amides is 1. The van der Waals surface area contributed by atoms with Crippen LogP contribution in [0.5, 0.6) is 0 Å². The Morgan fingerprint density at radius 2 is 1.62 bits per heavy atom. The van der Waals surface area contributed by atoms with Crippen LogP contribution >= 0.6 is 0 Å². The second-order valence-corrected chi connectivity index (χ2v) is 13.4. The zero-order valence-corrected chi connectivity index (χ0v) is 15.8. The van der Waals surface area contributed by atoms with Crippen molar-refractivity contribution >= 4 is 14.2 Å². The number of rotatable bonds is 5. The molecule has 2 saturated heterocycles. The Hall–Kier alpha value is -0.353. The van der Waals surface area contributed by atoms with Crippen molar-refractivity contribution in [1.29, 1.82) is 0 Å². The number of carbonyl (C=O) groups excluding carboxylic acids is 1. The van der Waals surface area contributed by atoms with E-state index >= 15 is 0 Å². The molecule has 122 valence electrons. The molecule has 2 heterocycles. The average Bonchev–Trinajstić information content (AvgIpc) is 2.87. The van der Waals surface area contributed by atoms with E-state index in [1.54, 1.807) is 0 Å². The molecule has 3 nitrogen and oxygen atoms in total. The third-order valence-electron chi connectivity index (χ3n) is 5.95. The Labute approximate surface area is 131 Å². The van der Waals surface area contributed by atoms with Crippen LogP contribution in [0.2, 0.25) is 16.6 Å². The summed E-state index contributed by atoms with van der Waals surface area (Å²) in [6.45, 7) is 16.9. The lowest BCUT2D eigenvalue weighted by Crippen LogP contribution is -2.51. The zero-order chi connectivity index (χ0) is 15.9. The highest BCUT2D eigenvalue weighted by atomic mass is 28.4. The molecule has 0 spiro atoms. The maximum atomic E-state index is 12.7. The van der Waals surface area contributed by atoms with E-state index in [0.29, 0.717) is 28.6 Å². The molecule has 0 saturated carbocycles. The minimum absolute atomic E-state index is 0.170. The standard InChI is InChI=1S/C17H33NO2Si/c1-11(2)21(12(3)4,13(5)6)20-16-10-15-14(7)8-9-18(15)17(16)19/h11-16H,8-10H2,1-7H3/t14-,15+,16-/m0/s1. The molecule has 0 aromatic heterocycles. The smallest absolute Gasteiger partial charge is 0.250 e. The molecule has 4 heteroatoms. The van der Waals surface area contributed by atoms with Gasteiger partial charge in [-0.05, 0) is 29.0 Å². The molecule has 2 rings (SSSR count). The minimum Gasteiger partial charge on any atom is -0.404 e. The van der Waals surface area contributed by atoms with Gasteiger partial charge in [-0.1, -0.05) is 48.5 Å². The molecule has 2 fully saturated rings. The fourth-order valence-corrected chi connectivity index (χ4v) is 10.4. The summed E-state index contributed by atoms with van der Waals surface area (Å²) < 4.78 is 6.73. The van der Waals surface area contributed by atoms with Gasteiger partial charge in [-0.15, -0.1) is 0 Å². The number of carbonyl (C=O) groups is 1. The SMILES string of the molecule is CC(C)[Si](O[C@H]1C[C@@H]2[C@@H](C)CCN2C1=O)(C(C)C)C(C)C. The summed E-state index contributed by atoms with van der Waals surface area (Å²) in [5, 5.41) is 0. The first-order chi connectivity index (χ1) is 9.71. The lowest BCUT2D eigenvalue weighted by molar-refractivity contribution is -0.134. The van der Waals surface area contributed by atoms with Gasteiger partial charge in [0.2, 0.25) is 8.32 Å². The zero-order valence-electron chi connectivity index (χ0n) is 14.8. The van der Waals surface area contributed by atoms with Gasteiger partial charge in [0.15, 0.2) is 0 Å². The summed E-state index contributed by atoms with van der Waals surface area (Å²) >= 11 is 0. The highest BCUT2D eigenvalue weighted by molar-refractivity contribution is 6.77. The first-order valence-electron chi connectivity index (χ1n) is 8.70. The third-order valence-corrected chi connectivity index (χ3v) is 12.1. The van der Waals surface area contributed by atoms with Gasteiger partial charge in [0.05, 0.1) is 0 Å². The van der Waals surface area contributed by atoms with Crippen molar-refractivity contribution < 1.29 is 9.22 Å². The van der Waals surface area contributed by atoms with Crippen molar-refractivity contribution in [3.8, 4) is 0 Å². The Kier molecular flexibility index (Phi) is 4.89. The summed E-state index contributed by atoms with van der Waals surface area (Å²) in [4.78, 5) is 14.8. The summed E-state index contributed by atoms with van der Waals surface area (Å²) in [5.41, 5.74) is 1.62. The monoisotopic (exact) mass is 311 g/mol. The summed E-state index contributed by atoms with van der Waals surface area (Å²) in [6.07, 6.45) is 1.90. The minimum atomic E-state index is -1.95. The Morgan fingerprint density at radius 3 is 2.05 bits per heavy atom. The molecule has 0 aromatic rings. The van der Waals surface area contributed by atoms with Crippen LogP contribution in [0, 0.1) is 5.92 Å². The van der Waals surface area contributed by atoms with Crippen molar-refractivity contribution in [1.82, 2.24) is 4.90 Å². The number of nitrogens with zero attached hydrogens (tertiary/aromatic N) is 1. The highest BCUT2D eigenvalue weighted by Gasteiger charge is 2.52. The second kappa shape index (κ2) is 6.03. The van der Waals surface area contributed by atoms with Gasteiger partial charge in [-0.25, -0.2) is 0 Å². The van der Waals surface area contributed by atoms with Crippen LogP contribution in [-0.4, -0.2) is 37.8 Å². The molecular formula is C17H33NO2Si. The average molecular weight is 312 g/mol. The van der Waals surface area contributed by atoms with Crippen LogP contribution in [0.15, 0.2) is 0 Å². The third kappa shape index (κ3) is 2.70. The molecule has 2 aliphatic heterocycles. The van der Waals surface area contributed by atoms with Crippen LogP contribution < -0.4 is 0 Å². The molecule has 0 bridgehead atoms. The molecule has 3 atom stereocenters. The lowest BCUT2D eigenvalue weighted by atomic mass is 10.0. The Balaban J connectivity index is 2.20. The van der Waals surface area contributed by atoms with E-state index in [2.05, 4.69) is 53.4 Å². The molecular weight excluding hydrogens is 278 g/mol. The van der Waals surface area contributed by atoms with Gasteiger partial charge in [-0.2, -0.15) is 0 Å². The highest BCUT2D eigenvalue weighted by Crippen LogP contribution is 2.45. The number of hydrogen-bond donors (Lipinski definition) is 0. The maximum Gasteiger partial charge on any atom is 0.250 e. The molecule has 0 N–H and O–H groups in total. The Bertz CT molecular complexity index is 372. The predicted octanol–water partition coefficient (Wildman–Crippen LogP) is 4.19. The van der Waals surface area contributed by atoms with E-state index in [0.717, 1.165) is 19.4 Å². The lowest BCUT2D eigenvalue weighted by Gasteiger charge is -2.43. The van der Waals surface area contributed by atoms with Crippen molar-refractivity contribution in [2.75, 3.05) is 6.54 Å². The van der Waals surface area contributed by atoms with Gasteiger partial charge >= 0.3 is 0 Å². The molecule has 2 aliphatic rings. The van der Waals surface area contributed by atoms with Gasteiger partial charge < -0.3 is 9.33 Å². The number of hydrogen-bond acceptors (Lipinski definition) is 2. The topological polar surface area (TPSA) is 29.5 Å². The summed E-state index contributed by atoms with van der Waals surface area (Å²) in [5.74, 6) is 0.902. The van der Waals surface area contributed by atoms with Crippen LogP contribution in [-0.2, 0) is 9.22 Å². The Morgan fingerprint density at radius 1 is 1.10 bits per heavy atom. The molecule has 0 radical (unpaired) electrons. The molecule has 0 aromatic carbocycles. The molecule has 0 unspecified atom stereocenters. The summed E-state index contributed by atoms with van der Waals surface area (Å²) in [7, 11) is -1.95. The predicted molar refractivity (Wildman–Crippen MR) is 89.8 cm³/mol. The summed E-state index contributed by atoms with van der Waals surface area (Å²) in [6, 6.07) is 0.431. The van der Waals surface area contributed by atoms with Gasteiger partial charge in [-0.3, -0.25) is 4.79 Å². The van der Waals surface area contributed by atoms with E-state index in [9.17, 15) is 4.79 Å². The first kappa shape index (κ1) is 17.0. The van der Waals surface area contributed by atoms with E-state index in [4.69, 9.17) is 4.43 Å². The van der Waals surface area contributed by atoms with Crippen molar-refractivity contribution in [2.24, 2.45) is 5.92 Å². The normalized spacial score (nSPS) is 30.1. The van der Waals surface area contributed by atoms with Crippen molar-refractivity contribution in [3.63, 3.8) is 0 Å². The van der Waals surface area contributed by atoms with Crippen LogP contribution in [0.1, 0.15) is 61.3 Å². The van der Waals surface area contributed by atoms with Crippen LogP contribution in [0.3, 0.4) is 0 Å². The number of fused-ring (bicyclic) bond motifs is 1. The fraction of sp³-hybridized carbons (Fsp3) is 0.941. The van der Waals surface area contributed by atoms with Crippen molar-refractivity contribution in [3.05, 3.63) is 0 Å². The molecule has 0 aliphatic carbocycles. The quantitative estimate of drug-likeness (QED) is 0.713. The maximum absolute atomic E-state index is 12.7. The second-order valence-electron chi connectivity index (χ2n) is 8.02. The fourth-order valence-electron chi connectivity index (χ4n) is 4.90. The molecule has 1 amide bonds. The van der Waals surface area contributed by atoms with Gasteiger partial charge in [0.25, 0.3) is 5.91 Å². The van der Waals surface area contributed by atoms with Crippen LogP contribution in [0.4, 0.5) is 0 Å². The van der Waals surface area contributed by atoms with E-state index in [-0.39, 0.29) is 12.0 Å². The molecule has 21 heavy (non-hydrogen) atoms. The van der Waals surface area contributed by atoms with E-state index in [1.165, 1.54) is 0 Å². The first-order valence-corrected chi connectivity index (χ1v) is 10.8. The van der Waals surface area contributed by atoms with Gasteiger partial charge in [0.1, 0.15) is 6.10 Å². The van der Waals surface area contributed by atoms with Crippen molar-refractivity contribution in [2.45, 2.75) is 90.1 Å². The van der Waals surface area contributed by atoms with E-state index in [1.807, 2.05) is 0 Å². The largest absolute Gasteiger partial charge is 0.404 e. The van der Waals surface area contributed by atoms with Gasteiger partial charge in [0, 0.05) is 19.0 Å². The van der Waals surface area contributed by atoms with Crippen LogP contribution in [0.25, 0.3) is 0 Å². The van der Waals surface area contributed by atoms with E-state index < -0.39 is 8.32 Å².